The summed E-state index contributed by atoms with van der Waals surface area (Å²) in [6.07, 6.45) is 7.11. The first-order valence-corrected chi connectivity index (χ1v) is 11.9. The molecule has 0 bridgehead atoms. The number of anilines is 2. The zero-order chi connectivity index (χ0) is 25.8. The lowest BCUT2D eigenvalue weighted by Gasteiger charge is -2.26. The maximum absolute atomic E-state index is 11.0. The van der Waals surface area contributed by atoms with Crippen molar-refractivity contribution in [2.45, 2.75) is 26.2 Å². The Hall–Kier alpha value is -3.30. The highest BCUT2D eigenvalue weighted by atomic mass is 16.2. The molecule has 0 aliphatic carbocycles. The number of nitrogens with one attached hydrogen (secondary N) is 1. The quantitative estimate of drug-likeness (QED) is 0.426. The molecule has 1 unspecified atom stereocenters. The number of carbonyl (C=O) groups excluding carboxylic acids is 2. The van der Waals surface area contributed by atoms with Crippen LogP contribution >= 0.6 is 0 Å². The SMILES string of the molecule is CC1CCCN(C)C1.CN(C)CCc1ccccc1.Cn1ncc2c(NC(=O)C=O)cnc(N)c21. The van der Waals surface area contributed by atoms with Crippen molar-refractivity contribution in [1.82, 2.24) is 24.6 Å². The zero-order valence-electron chi connectivity index (χ0n) is 21.6. The number of piperidine rings is 1. The van der Waals surface area contributed by atoms with Crippen LogP contribution in [-0.4, -0.2) is 77.5 Å². The predicted octanol–water partition coefficient (Wildman–Crippen LogP) is 2.83. The van der Waals surface area contributed by atoms with Crippen LogP contribution in [0.2, 0.25) is 0 Å². The van der Waals surface area contributed by atoms with E-state index in [1.165, 1.54) is 37.7 Å². The van der Waals surface area contributed by atoms with Crippen LogP contribution in [0.5, 0.6) is 0 Å². The summed E-state index contributed by atoms with van der Waals surface area (Å²) in [7, 11) is 8.12. The Morgan fingerprint density at radius 3 is 2.51 bits per heavy atom. The van der Waals surface area contributed by atoms with Gasteiger partial charge in [0.2, 0.25) is 6.29 Å². The Labute approximate surface area is 208 Å². The molecule has 1 aliphatic rings. The van der Waals surface area contributed by atoms with Crippen molar-refractivity contribution in [2.24, 2.45) is 13.0 Å². The number of pyridine rings is 1. The van der Waals surface area contributed by atoms with Gasteiger partial charge < -0.3 is 20.9 Å². The van der Waals surface area contributed by atoms with Gasteiger partial charge in [-0.1, -0.05) is 37.3 Å². The molecule has 2 aromatic heterocycles. The monoisotopic (exact) mass is 481 g/mol. The minimum absolute atomic E-state index is 0.193. The first kappa shape index (κ1) is 27.9. The van der Waals surface area contributed by atoms with Crippen LogP contribution in [0.1, 0.15) is 25.3 Å². The summed E-state index contributed by atoms with van der Waals surface area (Å²) in [5.74, 6) is 0.518. The van der Waals surface area contributed by atoms with Crippen molar-refractivity contribution in [1.29, 1.82) is 0 Å². The van der Waals surface area contributed by atoms with Gasteiger partial charge in [0.25, 0.3) is 5.91 Å². The number of aryl methyl sites for hydroxylation is 1. The van der Waals surface area contributed by atoms with E-state index in [1.54, 1.807) is 17.9 Å². The van der Waals surface area contributed by atoms with Gasteiger partial charge in [-0.25, -0.2) is 4.98 Å². The second-order valence-electron chi connectivity index (χ2n) is 9.24. The Morgan fingerprint density at radius 2 is 1.94 bits per heavy atom. The van der Waals surface area contributed by atoms with Gasteiger partial charge in [-0.05, 0) is 58.4 Å². The number of rotatable bonds is 5. The molecule has 0 spiro atoms. The van der Waals surface area contributed by atoms with E-state index in [2.05, 4.69) is 83.6 Å². The second-order valence-corrected chi connectivity index (χ2v) is 9.24. The summed E-state index contributed by atoms with van der Waals surface area (Å²) in [4.78, 5) is 29.7. The molecule has 1 atom stereocenters. The molecule has 190 valence electrons. The van der Waals surface area contributed by atoms with Crippen LogP contribution < -0.4 is 11.1 Å². The molecular formula is C26H39N7O2. The Kier molecular flexibility index (Phi) is 11.3. The molecule has 1 amide bonds. The molecule has 4 rings (SSSR count). The maximum atomic E-state index is 11.0. The fourth-order valence-electron chi connectivity index (χ4n) is 3.89. The van der Waals surface area contributed by atoms with Gasteiger partial charge in [0.05, 0.1) is 18.1 Å². The summed E-state index contributed by atoms with van der Waals surface area (Å²) in [5, 5.41) is 7.05. The smallest absolute Gasteiger partial charge is 0.288 e. The lowest BCUT2D eigenvalue weighted by molar-refractivity contribution is -0.127. The molecule has 35 heavy (non-hydrogen) atoms. The molecular weight excluding hydrogens is 442 g/mol. The normalized spacial score (nSPS) is 15.5. The van der Waals surface area contributed by atoms with Gasteiger partial charge in [-0.3, -0.25) is 14.3 Å². The average Bonchev–Trinajstić information content (AvgIpc) is 3.23. The van der Waals surface area contributed by atoms with Gasteiger partial charge in [0.1, 0.15) is 11.3 Å². The molecule has 9 heteroatoms. The summed E-state index contributed by atoms with van der Waals surface area (Å²) >= 11 is 0. The third kappa shape index (κ3) is 9.46. The topological polar surface area (TPSA) is 109 Å². The third-order valence-corrected chi connectivity index (χ3v) is 5.72. The number of likely N-dealkylation sites (N-methyl/N-ethyl adjacent to an activating group) is 1. The number of benzene rings is 1. The number of amides is 1. The van der Waals surface area contributed by atoms with E-state index in [0.29, 0.717) is 22.4 Å². The molecule has 1 saturated heterocycles. The number of nitrogen functional groups attached to an aromatic ring is 1. The fraction of sp³-hybridized carbons (Fsp3) is 0.462. The number of nitrogens with zero attached hydrogens (tertiary/aromatic N) is 5. The highest BCUT2D eigenvalue weighted by Gasteiger charge is 2.12. The molecule has 3 N–H and O–H groups in total. The van der Waals surface area contributed by atoms with Crippen molar-refractivity contribution < 1.29 is 9.59 Å². The first-order chi connectivity index (χ1) is 16.7. The van der Waals surface area contributed by atoms with E-state index < -0.39 is 5.91 Å². The summed E-state index contributed by atoms with van der Waals surface area (Å²) in [5.41, 5.74) is 8.12. The average molecular weight is 482 g/mol. The minimum Gasteiger partial charge on any atom is -0.382 e. The number of aromatic nitrogens is 3. The van der Waals surface area contributed by atoms with Crippen molar-refractivity contribution in [2.75, 3.05) is 51.8 Å². The van der Waals surface area contributed by atoms with Crippen LogP contribution in [0.4, 0.5) is 11.5 Å². The number of likely N-dealkylation sites (tertiary alicyclic amines) is 1. The fourth-order valence-corrected chi connectivity index (χ4v) is 3.89. The van der Waals surface area contributed by atoms with Gasteiger partial charge >= 0.3 is 0 Å². The Bertz CT molecular complexity index is 1060. The van der Waals surface area contributed by atoms with E-state index in [4.69, 9.17) is 5.73 Å². The number of hydrogen-bond donors (Lipinski definition) is 2. The van der Waals surface area contributed by atoms with Crippen LogP contribution in [0, 0.1) is 5.92 Å². The standard InChI is InChI=1S/C10H15N.C9H9N5O2.C7H15N/c1-11(2)9-8-10-6-4-3-5-7-10;1-14-8-5(2-12-14)6(3-11-9(8)10)13-7(16)4-15;1-7-4-3-5-8(2)6-7/h3-7H,8-9H2,1-2H3;2-4H,1H3,(H2,10,11)(H,13,16);7H,3-6H2,1-2H3. The van der Waals surface area contributed by atoms with Crippen molar-refractivity contribution in [3.8, 4) is 0 Å². The predicted molar refractivity (Wildman–Crippen MR) is 142 cm³/mol. The minimum atomic E-state index is -0.739. The maximum Gasteiger partial charge on any atom is 0.288 e. The highest BCUT2D eigenvalue weighted by molar-refractivity contribution is 6.30. The molecule has 1 aliphatic heterocycles. The van der Waals surface area contributed by atoms with Gasteiger partial charge in [-0.15, -0.1) is 0 Å². The van der Waals surface area contributed by atoms with E-state index in [1.807, 2.05) is 0 Å². The van der Waals surface area contributed by atoms with Gasteiger partial charge in [0, 0.05) is 25.5 Å². The van der Waals surface area contributed by atoms with Crippen LogP contribution in [0.3, 0.4) is 0 Å². The number of nitrogens with two attached hydrogens (primary N) is 1. The number of fused-ring (bicyclic) bond motifs is 1. The van der Waals surface area contributed by atoms with Crippen molar-refractivity contribution >= 4 is 34.6 Å². The number of hydrogen-bond acceptors (Lipinski definition) is 7. The summed E-state index contributed by atoms with van der Waals surface area (Å²) in [6, 6.07) is 10.6. The first-order valence-electron chi connectivity index (χ1n) is 11.9. The molecule has 1 fully saturated rings. The van der Waals surface area contributed by atoms with E-state index in [-0.39, 0.29) is 6.29 Å². The Balaban J connectivity index is 0.000000198. The Morgan fingerprint density at radius 1 is 1.23 bits per heavy atom. The molecule has 0 saturated carbocycles. The van der Waals surface area contributed by atoms with Crippen molar-refractivity contribution in [3.05, 3.63) is 48.3 Å². The zero-order valence-corrected chi connectivity index (χ0v) is 21.6. The van der Waals surface area contributed by atoms with Crippen molar-refractivity contribution in [3.63, 3.8) is 0 Å². The number of aldehydes is 1. The van der Waals surface area contributed by atoms with E-state index in [9.17, 15) is 9.59 Å². The molecule has 1 aromatic carbocycles. The number of carbonyl (C=O) groups is 2. The molecule has 0 radical (unpaired) electrons. The molecule has 3 heterocycles. The molecule has 3 aromatic rings. The second kappa shape index (κ2) is 14.2. The lowest BCUT2D eigenvalue weighted by Crippen LogP contribution is -2.30. The van der Waals surface area contributed by atoms with E-state index in [0.717, 1.165) is 18.9 Å². The van der Waals surface area contributed by atoms with Crippen LogP contribution in [0.15, 0.2) is 42.7 Å². The lowest BCUT2D eigenvalue weighted by atomic mass is 10.0. The van der Waals surface area contributed by atoms with E-state index >= 15 is 0 Å². The van der Waals surface area contributed by atoms with Crippen LogP contribution in [-0.2, 0) is 23.1 Å². The molecule has 9 nitrogen and oxygen atoms in total. The van der Waals surface area contributed by atoms with Crippen LogP contribution in [0.25, 0.3) is 10.9 Å². The third-order valence-electron chi connectivity index (χ3n) is 5.72. The largest absolute Gasteiger partial charge is 0.382 e. The summed E-state index contributed by atoms with van der Waals surface area (Å²) < 4.78 is 1.55. The van der Waals surface area contributed by atoms with Gasteiger partial charge in [0.15, 0.2) is 0 Å². The van der Waals surface area contributed by atoms with Gasteiger partial charge in [-0.2, -0.15) is 5.10 Å². The highest BCUT2D eigenvalue weighted by Crippen LogP contribution is 2.25. The summed E-state index contributed by atoms with van der Waals surface area (Å²) in [6.45, 7) is 6.07.